The maximum Gasteiger partial charge on any atom is 0.156 e. The van der Waals surface area contributed by atoms with Gasteiger partial charge in [-0.15, -0.1) is 0 Å². The van der Waals surface area contributed by atoms with Crippen molar-refractivity contribution < 1.29 is 4.79 Å². The molecule has 0 heterocycles. The molecular formula is C20H26O. The van der Waals surface area contributed by atoms with Crippen LogP contribution in [0.3, 0.4) is 0 Å². The highest BCUT2D eigenvalue weighted by Gasteiger charge is 2.49. The number of hydrogen-bond donors (Lipinski definition) is 0. The Morgan fingerprint density at radius 2 is 2.10 bits per heavy atom. The van der Waals surface area contributed by atoms with E-state index in [2.05, 4.69) is 19.9 Å². The van der Waals surface area contributed by atoms with Crippen LogP contribution in [0.25, 0.3) is 0 Å². The molecule has 0 aromatic rings. The molecular weight excluding hydrogens is 256 g/mol. The van der Waals surface area contributed by atoms with Crippen molar-refractivity contribution in [3.63, 3.8) is 0 Å². The van der Waals surface area contributed by atoms with Crippen LogP contribution in [-0.4, -0.2) is 5.78 Å². The van der Waals surface area contributed by atoms with Crippen molar-refractivity contribution >= 4 is 5.78 Å². The molecule has 1 saturated carbocycles. The lowest BCUT2D eigenvalue weighted by molar-refractivity contribution is -0.114. The highest BCUT2D eigenvalue weighted by atomic mass is 16.1. The van der Waals surface area contributed by atoms with Gasteiger partial charge in [-0.1, -0.05) is 31.1 Å². The van der Waals surface area contributed by atoms with E-state index in [1.807, 2.05) is 6.08 Å². The van der Waals surface area contributed by atoms with Crippen molar-refractivity contribution in [3.8, 4) is 0 Å². The quantitative estimate of drug-likeness (QED) is 0.609. The highest BCUT2D eigenvalue weighted by Crippen LogP contribution is 2.60. The van der Waals surface area contributed by atoms with Crippen LogP contribution in [0.5, 0.6) is 0 Å². The molecule has 3 atom stereocenters. The molecule has 21 heavy (non-hydrogen) atoms. The molecule has 0 aromatic carbocycles. The van der Waals surface area contributed by atoms with E-state index in [1.165, 1.54) is 37.7 Å². The van der Waals surface area contributed by atoms with Crippen LogP contribution in [-0.2, 0) is 4.79 Å². The Hall–Kier alpha value is -1.11. The number of hydrogen-bond acceptors (Lipinski definition) is 1. The van der Waals surface area contributed by atoms with E-state index in [4.69, 9.17) is 0 Å². The summed E-state index contributed by atoms with van der Waals surface area (Å²) in [7, 11) is 0. The van der Waals surface area contributed by atoms with Crippen molar-refractivity contribution in [3.05, 3.63) is 34.4 Å². The zero-order valence-corrected chi connectivity index (χ0v) is 13.4. The SMILES string of the molecule is CCC1=CCC2C3CCC4=CC(=O)CCC4=C3CC[C@]12C. The van der Waals surface area contributed by atoms with E-state index < -0.39 is 0 Å². The molecule has 0 spiro atoms. The molecule has 4 aliphatic carbocycles. The van der Waals surface area contributed by atoms with Crippen LogP contribution in [0.4, 0.5) is 0 Å². The Morgan fingerprint density at radius 1 is 1.24 bits per heavy atom. The Balaban J connectivity index is 1.72. The zero-order valence-electron chi connectivity index (χ0n) is 13.4. The Labute approximate surface area is 128 Å². The first-order chi connectivity index (χ1) is 10.1. The van der Waals surface area contributed by atoms with Crippen LogP contribution in [0, 0.1) is 17.3 Å². The summed E-state index contributed by atoms with van der Waals surface area (Å²) in [5.74, 6) is 1.98. The predicted octanol–water partition coefficient (Wildman–Crippen LogP) is 5.14. The van der Waals surface area contributed by atoms with Crippen molar-refractivity contribution in [1.29, 1.82) is 0 Å². The van der Waals surface area contributed by atoms with Crippen LogP contribution in [0.15, 0.2) is 34.4 Å². The summed E-state index contributed by atoms with van der Waals surface area (Å²) in [6.07, 6.45) is 13.8. The molecule has 0 amide bonds. The molecule has 2 unspecified atom stereocenters. The number of carbonyl (C=O) groups is 1. The number of fused-ring (bicyclic) bond motifs is 4. The largest absolute Gasteiger partial charge is 0.295 e. The molecule has 1 nitrogen and oxygen atoms in total. The summed E-state index contributed by atoms with van der Waals surface area (Å²) in [5.41, 5.74) is 6.92. The van der Waals surface area contributed by atoms with E-state index in [1.54, 1.807) is 16.7 Å². The van der Waals surface area contributed by atoms with E-state index in [0.29, 0.717) is 11.2 Å². The predicted molar refractivity (Wildman–Crippen MR) is 85.9 cm³/mol. The molecule has 0 aromatic heterocycles. The van der Waals surface area contributed by atoms with Crippen molar-refractivity contribution in [1.82, 2.24) is 0 Å². The maximum absolute atomic E-state index is 11.7. The van der Waals surface area contributed by atoms with Gasteiger partial charge in [-0.25, -0.2) is 0 Å². The first-order valence-electron chi connectivity index (χ1n) is 8.78. The standard InChI is InChI=1S/C20H26O/c1-3-14-5-9-19-18-7-4-13-12-15(21)6-8-16(13)17(18)10-11-20(14,19)2/h5,12,18-19H,3-4,6-11H2,1-2H3/t18?,19?,20-/m1/s1. The van der Waals surface area contributed by atoms with Crippen molar-refractivity contribution in [2.75, 3.05) is 0 Å². The van der Waals surface area contributed by atoms with E-state index >= 15 is 0 Å². The lowest BCUT2D eigenvalue weighted by Gasteiger charge is -2.48. The summed E-state index contributed by atoms with van der Waals surface area (Å²) >= 11 is 0. The Kier molecular flexibility index (Phi) is 3.03. The van der Waals surface area contributed by atoms with Crippen molar-refractivity contribution in [2.45, 2.75) is 65.2 Å². The van der Waals surface area contributed by atoms with Gasteiger partial charge in [0, 0.05) is 6.42 Å². The minimum Gasteiger partial charge on any atom is -0.295 e. The van der Waals surface area contributed by atoms with Gasteiger partial charge in [-0.05, 0) is 79.4 Å². The van der Waals surface area contributed by atoms with Gasteiger partial charge in [0.1, 0.15) is 0 Å². The zero-order chi connectivity index (χ0) is 14.6. The summed E-state index contributed by atoms with van der Waals surface area (Å²) in [6.45, 7) is 4.85. The normalized spacial score (nSPS) is 38.5. The summed E-state index contributed by atoms with van der Waals surface area (Å²) in [5, 5.41) is 0. The number of carbonyl (C=O) groups excluding carboxylic acids is 1. The van der Waals surface area contributed by atoms with Crippen LogP contribution >= 0.6 is 0 Å². The molecule has 0 radical (unpaired) electrons. The fraction of sp³-hybridized carbons (Fsp3) is 0.650. The highest BCUT2D eigenvalue weighted by molar-refractivity contribution is 5.93. The second-order valence-corrected chi connectivity index (χ2v) is 7.63. The van der Waals surface area contributed by atoms with Gasteiger partial charge >= 0.3 is 0 Å². The third-order valence-corrected chi connectivity index (χ3v) is 6.85. The van der Waals surface area contributed by atoms with E-state index in [0.717, 1.165) is 31.1 Å². The molecule has 4 aliphatic rings. The summed E-state index contributed by atoms with van der Waals surface area (Å²) in [6, 6.07) is 0. The minimum absolute atomic E-state index is 0.351. The van der Waals surface area contributed by atoms with Gasteiger partial charge in [0.15, 0.2) is 5.78 Å². The van der Waals surface area contributed by atoms with Gasteiger partial charge in [0.25, 0.3) is 0 Å². The summed E-state index contributed by atoms with van der Waals surface area (Å²) < 4.78 is 0. The lowest BCUT2D eigenvalue weighted by Crippen LogP contribution is -2.38. The number of rotatable bonds is 1. The Morgan fingerprint density at radius 3 is 2.90 bits per heavy atom. The van der Waals surface area contributed by atoms with Crippen LogP contribution in [0.2, 0.25) is 0 Å². The van der Waals surface area contributed by atoms with Gasteiger partial charge in [-0.2, -0.15) is 0 Å². The van der Waals surface area contributed by atoms with Crippen molar-refractivity contribution in [2.24, 2.45) is 17.3 Å². The molecule has 1 fully saturated rings. The average Bonchev–Trinajstić information content (AvgIpc) is 2.83. The molecule has 112 valence electrons. The van der Waals surface area contributed by atoms with Gasteiger partial charge in [0.2, 0.25) is 0 Å². The molecule has 4 rings (SSSR count). The molecule has 1 heteroatoms. The first-order valence-corrected chi connectivity index (χ1v) is 8.78. The van der Waals surface area contributed by atoms with Crippen LogP contribution in [0.1, 0.15) is 65.2 Å². The van der Waals surface area contributed by atoms with Gasteiger partial charge in [0.05, 0.1) is 0 Å². The maximum atomic E-state index is 11.7. The monoisotopic (exact) mass is 282 g/mol. The molecule has 0 bridgehead atoms. The average molecular weight is 282 g/mol. The Bertz CT molecular complexity index is 589. The third-order valence-electron chi connectivity index (χ3n) is 6.85. The fourth-order valence-corrected chi connectivity index (χ4v) is 5.74. The van der Waals surface area contributed by atoms with E-state index in [9.17, 15) is 4.79 Å². The second kappa shape index (κ2) is 4.69. The summed E-state index contributed by atoms with van der Waals surface area (Å²) in [4.78, 5) is 11.7. The minimum atomic E-state index is 0.351. The fourth-order valence-electron chi connectivity index (χ4n) is 5.74. The third kappa shape index (κ3) is 1.86. The van der Waals surface area contributed by atoms with E-state index in [-0.39, 0.29) is 0 Å². The molecule has 0 N–H and O–H groups in total. The van der Waals surface area contributed by atoms with Gasteiger partial charge in [-0.3, -0.25) is 4.79 Å². The molecule has 0 saturated heterocycles. The molecule has 0 aliphatic heterocycles. The second-order valence-electron chi connectivity index (χ2n) is 7.63. The first kappa shape index (κ1) is 13.5. The number of ketones is 1. The smallest absolute Gasteiger partial charge is 0.156 e. The topological polar surface area (TPSA) is 17.1 Å². The van der Waals surface area contributed by atoms with Gasteiger partial charge < -0.3 is 0 Å². The number of allylic oxidation sites excluding steroid dienone is 6. The lowest BCUT2D eigenvalue weighted by atomic mass is 9.56. The van der Waals surface area contributed by atoms with Crippen LogP contribution < -0.4 is 0 Å².